The van der Waals surface area contributed by atoms with E-state index in [1.54, 1.807) is 0 Å². The highest BCUT2D eigenvalue weighted by Crippen LogP contribution is 2.28. The Morgan fingerprint density at radius 2 is 1.71 bits per heavy atom. The molecular weight excluding hydrogens is 287 g/mol. The molecule has 0 saturated carbocycles. The molecule has 0 saturated heterocycles. The molecule has 0 aliphatic carbocycles. The van der Waals surface area contributed by atoms with Gasteiger partial charge in [0.1, 0.15) is 5.82 Å². The molecule has 0 amide bonds. The van der Waals surface area contributed by atoms with Crippen LogP contribution in [0.15, 0.2) is 54.6 Å². The summed E-state index contributed by atoms with van der Waals surface area (Å²) in [6, 6.07) is 15.6. The van der Waals surface area contributed by atoms with Gasteiger partial charge in [-0.25, -0.2) is 4.39 Å². The van der Waals surface area contributed by atoms with Gasteiger partial charge in [-0.1, -0.05) is 54.1 Å². The van der Waals surface area contributed by atoms with E-state index in [9.17, 15) is 9.18 Å². The second kappa shape index (κ2) is 5.30. The Morgan fingerprint density at radius 1 is 0.952 bits per heavy atom. The Kier molecular flexibility index (Phi) is 3.48. The zero-order valence-corrected chi connectivity index (χ0v) is 12.1. The summed E-state index contributed by atoms with van der Waals surface area (Å²) in [4.78, 5) is 12.8. The van der Waals surface area contributed by atoms with Crippen molar-refractivity contribution < 1.29 is 9.18 Å². The van der Waals surface area contributed by atoms with Gasteiger partial charge in [0.05, 0.1) is 10.6 Å². The number of carbonyl (C=O) groups is 1. The predicted octanol–water partition coefficient (Wildman–Crippen LogP) is 5.17. The van der Waals surface area contributed by atoms with Gasteiger partial charge in [-0.2, -0.15) is 0 Å². The van der Waals surface area contributed by atoms with Crippen LogP contribution in [0.1, 0.15) is 21.5 Å². The highest BCUT2D eigenvalue weighted by molar-refractivity contribution is 6.35. The SMILES string of the molecule is Cc1ccc2ccccc2c1C(=O)c1c(F)cccc1Cl. The fourth-order valence-electron chi connectivity index (χ4n) is 2.52. The normalized spacial score (nSPS) is 10.8. The van der Waals surface area contributed by atoms with Gasteiger partial charge in [-0.3, -0.25) is 4.79 Å². The zero-order valence-electron chi connectivity index (χ0n) is 11.4. The van der Waals surface area contributed by atoms with Crippen LogP contribution in [-0.4, -0.2) is 5.78 Å². The number of ketones is 1. The smallest absolute Gasteiger partial charge is 0.198 e. The van der Waals surface area contributed by atoms with Crippen molar-refractivity contribution in [1.82, 2.24) is 0 Å². The van der Waals surface area contributed by atoms with Crippen molar-refractivity contribution in [3.63, 3.8) is 0 Å². The van der Waals surface area contributed by atoms with Crippen molar-refractivity contribution in [2.24, 2.45) is 0 Å². The number of carbonyl (C=O) groups excluding carboxylic acids is 1. The average molecular weight is 299 g/mol. The largest absolute Gasteiger partial charge is 0.288 e. The Bertz CT molecular complexity index is 835. The summed E-state index contributed by atoms with van der Waals surface area (Å²) in [5.41, 5.74) is 1.23. The monoisotopic (exact) mass is 298 g/mol. The standard InChI is InChI=1S/C18H12ClFO/c1-11-9-10-12-5-2-3-6-13(12)16(11)18(21)17-14(19)7-4-8-15(17)20/h2-10H,1H3. The van der Waals surface area contributed by atoms with Crippen LogP contribution in [0.4, 0.5) is 4.39 Å². The van der Waals surface area contributed by atoms with Crippen molar-refractivity contribution in [2.75, 3.05) is 0 Å². The van der Waals surface area contributed by atoms with E-state index < -0.39 is 5.82 Å². The van der Waals surface area contributed by atoms with E-state index in [0.717, 1.165) is 16.3 Å². The summed E-state index contributed by atoms with van der Waals surface area (Å²) in [5, 5.41) is 1.88. The molecule has 21 heavy (non-hydrogen) atoms. The number of hydrogen-bond donors (Lipinski definition) is 0. The van der Waals surface area contributed by atoms with Crippen molar-refractivity contribution in [1.29, 1.82) is 0 Å². The molecule has 0 aliphatic rings. The van der Waals surface area contributed by atoms with Crippen LogP contribution in [0.2, 0.25) is 5.02 Å². The molecule has 3 aromatic rings. The van der Waals surface area contributed by atoms with Crippen LogP contribution in [0.5, 0.6) is 0 Å². The molecule has 0 spiro atoms. The number of aryl methyl sites for hydroxylation is 1. The first kappa shape index (κ1) is 13.8. The van der Waals surface area contributed by atoms with Gasteiger partial charge in [0.15, 0.2) is 5.78 Å². The van der Waals surface area contributed by atoms with Crippen molar-refractivity contribution >= 4 is 28.2 Å². The summed E-state index contributed by atoms with van der Waals surface area (Å²) in [6.45, 7) is 1.84. The second-order valence-electron chi connectivity index (χ2n) is 4.90. The highest BCUT2D eigenvalue weighted by atomic mass is 35.5. The molecule has 0 heterocycles. The van der Waals surface area contributed by atoms with E-state index in [2.05, 4.69) is 0 Å². The molecule has 0 fully saturated rings. The number of fused-ring (bicyclic) bond motifs is 1. The predicted molar refractivity (Wildman–Crippen MR) is 83.5 cm³/mol. The van der Waals surface area contributed by atoms with Crippen molar-refractivity contribution in [3.8, 4) is 0 Å². The van der Waals surface area contributed by atoms with Crippen LogP contribution in [0, 0.1) is 12.7 Å². The minimum atomic E-state index is -0.597. The maximum Gasteiger partial charge on any atom is 0.198 e. The fraction of sp³-hybridized carbons (Fsp3) is 0.0556. The highest BCUT2D eigenvalue weighted by Gasteiger charge is 2.21. The van der Waals surface area contributed by atoms with Crippen LogP contribution in [-0.2, 0) is 0 Å². The van der Waals surface area contributed by atoms with E-state index in [1.807, 2.05) is 43.3 Å². The Morgan fingerprint density at radius 3 is 2.48 bits per heavy atom. The van der Waals surface area contributed by atoms with Gasteiger partial charge in [-0.15, -0.1) is 0 Å². The molecule has 0 bridgehead atoms. The number of benzene rings is 3. The minimum Gasteiger partial charge on any atom is -0.288 e. The molecule has 0 aromatic heterocycles. The molecule has 3 heteroatoms. The Balaban J connectivity index is 2.30. The molecule has 0 atom stereocenters. The van der Waals surface area contributed by atoms with Crippen molar-refractivity contribution in [3.05, 3.63) is 82.1 Å². The Labute approximate surface area is 127 Å². The lowest BCUT2D eigenvalue weighted by molar-refractivity contribution is 0.103. The van der Waals surface area contributed by atoms with Crippen molar-refractivity contribution in [2.45, 2.75) is 6.92 Å². The quantitative estimate of drug-likeness (QED) is 0.596. The third kappa shape index (κ3) is 2.32. The molecule has 0 unspecified atom stereocenters. The average Bonchev–Trinajstić information content (AvgIpc) is 2.46. The van der Waals surface area contributed by atoms with E-state index in [-0.39, 0.29) is 16.4 Å². The fourth-order valence-corrected chi connectivity index (χ4v) is 2.77. The summed E-state index contributed by atoms with van der Waals surface area (Å²) in [7, 11) is 0. The molecule has 3 aromatic carbocycles. The first-order valence-corrected chi connectivity index (χ1v) is 6.94. The van der Waals surface area contributed by atoms with E-state index >= 15 is 0 Å². The summed E-state index contributed by atoms with van der Waals surface area (Å²) in [6.07, 6.45) is 0. The first-order valence-electron chi connectivity index (χ1n) is 6.56. The first-order chi connectivity index (χ1) is 10.1. The second-order valence-corrected chi connectivity index (χ2v) is 5.31. The van der Waals surface area contributed by atoms with Gasteiger partial charge in [0.2, 0.25) is 0 Å². The number of halogens is 2. The molecule has 0 radical (unpaired) electrons. The van der Waals surface area contributed by atoms with Crippen LogP contribution in [0.25, 0.3) is 10.8 Å². The van der Waals surface area contributed by atoms with Gasteiger partial charge < -0.3 is 0 Å². The summed E-state index contributed by atoms with van der Waals surface area (Å²) < 4.78 is 14.0. The van der Waals surface area contributed by atoms with Gasteiger partial charge >= 0.3 is 0 Å². The molecule has 0 N–H and O–H groups in total. The maximum absolute atomic E-state index is 14.0. The molecule has 3 rings (SSSR count). The third-order valence-electron chi connectivity index (χ3n) is 3.55. The van der Waals surface area contributed by atoms with E-state index in [4.69, 9.17) is 11.6 Å². The van der Waals surface area contributed by atoms with Crippen LogP contribution >= 0.6 is 11.6 Å². The topological polar surface area (TPSA) is 17.1 Å². The van der Waals surface area contributed by atoms with Gasteiger partial charge in [0.25, 0.3) is 0 Å². The summed E-state index contributed by atoms with van der Waals surface area (Å²) in [5.74, 6) is -0.979. The molecule has 104 valence electrons. The van der Waals surface area contributed by atoms with Crippen LogP contribution < -0.4 is 0 Å². The molecule has 0 aliphatic heterocycles. The Hall–Kier alpha value is -2.19. The minimum absolute atomic E-state index is 0.0707. The van der Waals surface area contributed by atoms with E-state index in [0.29, 0.717) is 5.56 Å². The van der Waals surface area contributed by atoms with Crippen LogP contribution in [0.3, 0.4) is 0 Å². The lowest BCUT2D eigenvalue weighted by Gasteiger charge is -2.11. The zero-order chi connectivity index (χ0) is 15.0. The van der Waals surface area contributed by atoms with Gasteiger partial charge in [-0.05, 0) is 35.4 Å². The molecule has 1 nitrogen and oxygen atoms in total. The lowest BCUT2D eigenvalue weighted by Crippen LogP contribution is -2.08. The number of rotatable bonds is 2. The lowest BCUT2D eigenvalue weighted by atomic mass is 9.93. The third-order valence-corrected chi connectivity index (χ3v) is 3.87. The molecular formula is C18H12ClFO. The summed E-state index contributed by atoms with van der Waals surface area (Å²) >= 11 is 6.02. The number of hydrogen-bond acceptors (Lipinski definition) is 1. The maximum atomic E-state index is 14.0. The van der Waals surface area contributed by atoms with Gasteiger partial charge in [0, 0.05) is 5.56 Å². The van der Waals surface area contributed by atoms with E-state index in [1.165, 1.54) is 18.2 Å².